The van der Waals surface area contributed by atoms with E-state index < -0.39 is 29.7 Å². The van der Waals surface area contributed by atoms with Gasteiger partial charge in [-0.1, -0.05) is 78.0 Å². The van der Waals surface area contributed by atoms with Crippen molar-refractivity contribution in [2.45, 2.75) is 25.3 Å². The monoisotopic (exact) mass is 492 g/mol. The molecule has 36 heavy (non-hydrogen) atoms. The van der Waals surface area contributed by atoms with Crippen LogP contribution in [0.4, 0.5) is 18.0 Å². The smallest absolute Gasteiger partial charge is 0.337 e. The van der Waals surface area contributed by atoms with E-state index in [0.717, 1.165) is 22.6 Å². The number of hydrogen-bond donors (Lipinski definition) is 0. The largest absolute Gasteiger partial charge is 0.416 e. The standard InChI is InChI=1S/C26H19F3N4O3/c27-26(28,29)20-13-7-12-19(14-20)23-30-21(36-31-23)16-33-24(34)22(18-10-5-2-6-11-18)32(25(33)35)15-17-8-3-1-4-9-17/h1-14,22H,15-16H2. The molecule has 1 aromatic heterocycles. The first-order chi connectivity index (χ1) is 17.3. The molecule has 2 heterocycles. The Balaban J connectivity index is 1.42. The van der Waals surface area contributed by atoms with E-state index in [2.05, 4.69) is 10.1 Å². The van der Waals surface area contributed by atoms with E-state index in [-0.39, 0.29) is 30.4 Å². The first-order valence-corrected chi connectivity index (χ1v) is 11.0. The predicted molar refractivity (Wildman–Crippen MR) is 122 cm³/mol. The zero-order valence-corrected chi connectivity index (χ0v) is 18.7. The summed E-state index contributed by atoms with van der Waals surface area (Å²) in [6, 6.07) is 21.4. The minimum atomic E-state index is -4.52. The Kier molecular flexibility index (Phi) is 6.01. The van der Waals surface area contributed by atoms with Gasteiger partial charge in [0.25, 0.3) is 5.91 Å². The molecule has 1 aliphatic rings. The van der Waals surface area contributed by atoms with Gasteiger partial charge in [-0.15, -0.1) is 0 Å². The van der Waals surface area contributed by atoms with Crippen LogP contribution < -0.4 is 0 Å². The molecule has 182 valence electrons. The predicted octanol–water partition coefficient (Wildman–Crippen LogP) is 5.46. The van der Waals surface area contributed by atoms with Crippen LogP contribution in [-0.4, -0.2) is 31.9 Å². The van der Waals surface area contributed by atoms with Crippen molar-refractivity contribution in [3.63, 3.8) is 0 Å². The lowest BCUT2D eigenvalue weighted by Gasteiger charge is -2.22. The summed E-state index contributed by atoms with van der Waals surface area (Å²) >= 11 is 0. The summed E-state index contributed by atoms with van der Waals surface area (Å²) in [7, 11) is 0. The summed E-state index contributed by atoms with van der Waals surface area (Å²) in [5, 5.41) is 3.75. The lowest BCUT2D eigenvalue weighted by atomic mass is 10.1. The number of rotatable bonds is 6. The molecule has 10 heteroatoms. The van der Waals surface area contributed by atoms with Crippen molar-refractivity contribution in [3.8, 4) is 11.4 Å². The molecule has 4 aromatic rings. The number of nitrogens with zero attached hydrogens (tertiary/aromatic N) is 4. The first kappa shape index (κ1) is 23.3. The fourth-order valence-corrected chi connectivity index (χ4v) is 4.09. The highest BCUT2D eigenvalue weighted by Gasteiger charge is 2.46. The van der Waals surface area contributed by atoms with Crippen molar-refractivity contribution >= 4 is 11.9 Å². The van der Waals surface area contributed by atoms with Gasteiger partial charge in [0.2, 0.25) is 11.7 Å². The quantitative estimate of drug-likeness (QED) is 0.334. The Morgan fingerprint density at radius 2 is 1.56 bits per heavy atom. The minimum Gasteiger partial charge on any atom is -0.337 e. The van der Waals surface area contributed by atoms with Crippen molar-refractivity contribution in [2.24, 2.45) is 0 Å². The Morgan fingerprint density at radius 1 is 0.861 bits per heavy atom. The molecule has 1 atom stereocenters. The van der Waals surface area contributed by atoms with Gasteiger partial charge in [-0.3, -0.25) is 9.69 Å². The Hall–Kier alpha value is -4.47. The molecule has 0 spiro atoms. The lowest BCUT2D eigenvalue weighted by molar-refractivity contribution is -0.137. The molecule has 0 bridgehead atoms. The van der Waals surface area contributed by atoms with Crippen LogP contribution in [0.1, 0.15) is 28.6 Å². The van der Waals surface area contributed by atoms with Gasteiger partial charge in [-0.2, -0.15) is 18.2 Å². The number of alkyl halides is 3. The second-order valence-corrected chi connectivity index (χ2v) is 8.22. The van der Waals surface area contributed by atoms with E-state index in [1.165, 1.54) is 17.0 Å². The molecule has 7 nitrogen and oxygen atoms in total. The van der Waals surface area contributed by atoms with E-state index in [4.69, 9.17) is 4.52 Å². The van der Waals surface area contributed by atoms with Crippen molar-refractivity contribution in [1.82, 2.24) is 19.9 Å². The number of urea groups is 1. The molecule has 1 saturated heterocycles. The van der Waals surface area contributed by atoms with Crippen LogP contribution in [0, 0.1) is 0 Å². The summed E-state index contributed by atoms with van der Waals surface area (Å²) < 4.78 is 44.4. The van der Waals surface area contributed by atoms with Crippen LogP contribution in [0.25, 0.3) is 11.4 Å². The van der Waals surface area contributed by atoms with E-state index >= 15 is 0 Å². The third-order valence-corrected chi connectivity index (χ3v) is 5.81. The summed E-state index contributed by atoms with van der Waals surface area (Å²) in [4.78, 5) is 33.4. The average molecular weight is 492 g/mol. The number of imide groups is 1. The van der Waals surface area contributed by atoms with E-state index in [1.54, 1.807) is 24.3 Å². The maximum absolute atomic E-state index is 13.4. The average Bonchev–Trinajstić information content (AvgIpc) is 3.44. The molecule has 1 aliphatic heterocycles. The lowest BCUT2D eigenvalue weighted by Crippen LogP contribution is -2.32. The first-order valence-electron chi connectivity index (χ1n) is 11.0. The summed E-state index contributed by atoms with van der Waals surface area (Å²) in [5.74, 6) is -0.602. The normalized spacial score (nSPS) is 16.1. The number of benzene rings is 3. The maximum Gasteiger partial charge on any atom is 0.416 e. The second kappa shape index (κ2) is 9.29. The topological polar surface area (TPSA) is 79.5 Å². The van der Waals surface area contributed by atoms with Crippen LogP contribution in [-0.2, 0) is 24.1 Å². The molecule has 1 fully saturated rings. The second-order valence-electron chi connectivity index (χ2n) is 8.22. The number of carbonyl (C=O) groups excluding carboxylic acids is 2. The summed E-state index contributed by atoms with van der Waals surface area (Å²) in [5.41, 5.74) is 0.765. The number of amides is 3. The molecule has 0 aliphatic carbocycles. The van der Waals surface area contributed by atoms with Crippen molar-refractivity contribution in [2.75, 3.05) is 0 Å². The summed E-state index contributed by atoms with van der Waals surface area (Å²) in [6.45, 7) is -0.0982. The Morgan fingerprint density at radius 3 is 2.25 bits per heavy atom. The van der Waals surface area contributed by atoms with Gasteiger partial charge < -0.3 is 9.42 Å². The highest BCUT2D eigenvalue weighted by atomic mass is 19.4. The van der Waals surface area contributed by atoms with Gasteiger partial charge in [0.15, 0.2) is 0 Å². The van der Waals surface area contributed by atoms with E-state index in [9.17, 15) is 22.8 Å². The zero-order chi connectivity index (χ0) is 25.3. The van der Waals surface area contributed by atoms with Crippen molar-refractivity contribution < 1.29 is 27.3 Å². The zero-order valence-electron chi connectivity index (χ0n) is 18.7. The fraction of sp³-hybridized carbons (Fsp3) is 0.154. The minimum absolute atomic E-state index is 0.0718. The van der Waals surface area contributed by atoms with Gasteiger partial charge >= 0.3 is 12.2 Å². The third kappa shape index (κ3) is 4.57. The third-order valence-electron chi connectivity index (χ3n) is 5.81. The number of aromatic nitrogens is 2. The van der Waals surface area contributed by atoms with Gasteiger partial charge in [0.1, 0.15) is 12.6 Å². The Bertz CT molecular complexity index is 1390. The molecular weight excluding hydrogens is 473 g/mol. The van der Waals surface area contributed by atoms with Gasteiger partial charge in [-0.25, -0.2) is 4.79 Å². The molecule has 5 rings (SSSR count). The summed E-state index contributed by atoms with van der Waals surface area (Å²) in [6.07, 6.45) is -4.52. The van der Waals surface area contributed by atoms with Gasteiger partial charge in [-0.05, 0) is 23.3 Å². The van der Waals surface area contributed by atoms with Crippen LogP contribution in [0.2, 0.25) is 0 Å². The molecule has 3 amide bonds. The van der Waals surface area contributed by atoms with Crippen molar-refractivity contribution in [3.05, 3.63) is 108 Å². The van der Waals surface area contributed by atoms with E-state index in [1.807, 2.05) is 36.4 Å². The number of hydrogen-bond acceptors (Lipinski definition) is 5. The van der Waals surface area contributed by atoms with Crippen LogP contribution in [0.5, 0.6) is 0 Å². The van der Waals surface area contributed by atoms with Gasteiger partial charge in [0.05, 0.1) is 5.56 Å². The molecular formula is C26H19F3N4O3. The fourth-order valence-electron chi connectivity index (χ4n) is 4.09. The SMILES string of the molecule is O=C1C(c2ccccc2)N(Cc2ccccc2)C(=O)N1Cc1nc(-c2cccc(C(F)(F)F)c2)no1. The van der Waals surface area contributed by atoms with Crippen LogP contribution in [0.15, 0.2) is 89.5 Å². The number of halogens is 3. The molecule has 0 saturated carbocycles. The molecule has 0 radical (unpaired) electrons. The van der Waals surface area contributed by atoms with Gasteiger partial charge in [0, 0.05) is 12.1 Å². The highest BCUT2D eigenvalue weighted by molar-refractivity contribution is 6.04. The molecule has 3 aromatic carbocycles. The molecule has 0 N–H and O–H groups in total. The van der Waals surface area contributed by atoms with Crippen LogP contribution >= 0.6 is 0 Å². The van der Waals surface area contributed by atoms with Crippen molar-refractivity contribution in [1.29, 1.82) is 0 Å². The van der Waals surface area contributed by atoms with Crippen LogP contribution in [0.3, 0.4) is 0 Å². The maximum atomic E-state index is 13.4. The molecule has 1 unspecified atom stereocenters. The highest BCUT2D eigenvalue weighted by Crippen LogP contribution is 2.34. The Labute approximate surface area is 203 Å². The number of carbonyl (C=O) groups is 2. The van der Waals surface area contributed by atoms with E-state index in [0.29, 0.717) is 5.56 Å².